The summed E-state index contributed by atoms with van der Waals surface area (Å²) >= 11 is 0. The maximum atomic E-state index is 11.1. The lowest BCUT2D eigenvalue weighted by Gasteiger charge is -2.05. The van der Waals surface area contributed by atoms with Crippen LogP contribution in [0.4, 0.5) is 0 Å². The molecule has 1 aliphatic heterocycles. The van der Waals surface area contributed by atoms with Crippen LogP contribution in [0.2, 0.25) is 0 Å². The van der Waals surface area contributed by atoms with Crippen molar-refractivity contribution in [1.29, 1.82) is 0 Å². The molecule has 68 valence electrons. The van der Waals surface area contributed by atoms with Crippen LogP contribution < -0.4 is 5.46 Å². The molecule has 0 atom stereocenters. The van der Waals surface area contributed by atoms with Crippen LogP contribution in [0.25, 0.3) is 0 Å². The predicted molar refractivity (Wildman–Crippen MR) is 48.0 cm³/mol. The van der Waals surface area contributed by atoms with Crippen molar-refractivity contribution in [3.63, 3.8) is 0 Å². The van der Waals surface area contributed by atoms with Gasteiger partial charge in [-0.3, -0.25) is 0 Å². The zero-order valence-corrected chi connectivity index (χ0v) is 7.33. The van der Waals surface area contributed by atoms with E-state index < -0.39 is 11.9 Å². The average Bonchev–Trinajstić information content (AvgIpc) is 2.38. The van der Waals surface area contributed by atoms with Gasteiger partial charge >= 0.3 is 11.9 Å². The van der Waals surface area contributed by atoms with Crippen LogP contribution in [0.15, 0.2) is 6.07 Å². The molecule has 4 nitrogen and oxygen atoms in total. The first-order valence-electron chi connectivity index (χ1n) is 3.91. The summed E-state index contributed by atoms with van der Waals surface area (Å²) in [6.07, 6.45) is 0. The molecule has 1 aromatic rings. The van der Waals surface area contributed by atoms with E-state index in [4.69, 9.17) is 7.85 Å². The van der Waals surface area contributed by atoms with Crippen molar-refractivity contribution in [1.82, 2.24) is 0 Å². The van der Waals surface area contributed by atoms with Crippen LogP contribution in [0, 0.1) is 6.92 Å². The molecule has 0 unspecified atom stereocenters. The lowest BCUT2D eigenvalue weighted by molar-refractivity contribution is 0.0443. The van der Waals surface area contributed by atoms with Crippen LogP contribution in [-0.2, 0) is 4.74 Å². The van der Waals surface area contributed by atoms with E-state index in [0.29, 0.717) is 5.56 Å². The van der Waals surface area contributed by atoms with Crippen molar-refractivity contribution in [2.45, 2.75) is 6.92 Å². The van der Waals surface area contributed by atoms with Gasteiger partial charge in [0, 0.05) is 0 Å². The average molecular weight is 188 g/mol. The van der Waals surface area contributed by atoms with Crippen LogP contribution >= 0.6 is 0 Å². The summed E-state index contributed by atoms with van der Waals surface area (Å²) in [5.41, 5.74) is 0.556. The molecule has 0 spiro atoms. The topological polar surface area (TPSA) is 63.6 Å². The van der Waals surface area contributed by atoms with Crippen LogP contribution in [0.5, 0.6) is 5.75 Å². The van der Waals surface area contributed by atoms with Crippen molar-refractivity contribution >= 4 is 25.2 Å². The number of carbonyl (C=O) groups is 2. The van der Waals surface area contributed by atoms with Gasteiger partial charge in [0.1, 0.15) is 19.2 Å². The van der Waals surface area contributed by atoms with Crippen molar-refractivity contribution in [2.75, 3.05) is 0 Å². The van der Waals surface area contributed by atoms with E-state index in [1.54, 1.807) is 6.92 Å². The van der Waals surface area contributed by atoms with Gasteiger partial charge in [-0.15, -0.1) is 0 Å². The monoisotopic (exact) mass is 188 g/mol. The third kappa shape index (κ3) is 0.952. The molecule has 0 bridgehead atoms. The van der Waals surface area contributed by atoms with E-state index in [1.807, 2.05) is 0 Å². The number of benzene rings is 1. The number of phenolic OH excluding ortho intramolecular Hbond substituents is 1. The van der Waals surface area contributed by atoms with E-state index in [2.05, 4.69) is 4.74 Å². The minimum absolute atomic E-state index is 0.0237. The highest BCUT2D eigenvalue weighted by molar-refractivity contribution is 6.35. The Morgan fingerprint density at radius 2 is 2.00 bits per heavy atom. The SMILES string of the molecule is [B]c1cc2c(c(O)c1C)C(=O)OC2=O. The summed E-state index contributed by atoms with van der Waals surface area (Å²) in [6.45, 7) is 1.56. The molecule has 0 amide bonds. The van der Waals surface area contributed by atoms with Gasteiger partial charge in [-0.1, -0.05) is 11.5 Å². The molecule has 2 radical (unpaired) electrons. The second-order valence-electron chi connectivity index (χ2n) is 3.04. The number of hydrogen-bond acceptors (Lipinski definition) is 4. The second-order valence-corrected chi connectivity index (χ2v) is 3.04. The van der Waals surface area contributed by atoms with Gasteiger partial charge in [0.15, 0.2) is 0 Å². The lowest BCUT2D eigenvalue weighted by Crippen LogP contribution is -2.11. The largest absolute Gasteiger partial charge is 0.507 e. The fourth-order valence-electron chi connectivity index (χ4n) is 1.35. The number of esters is 2. The Kier molecular flexibility index (Phi) is 1.64. The Labute approximate surface area is 80.9 Å². The van der Waals surface area contributed by atoms with Gasteiger partial charge in [0.25, 0.3) is 0 Å². The maximum Gasteiger partial charge on any atom is 0.350 e. The molecule has 1 heterocycles. The quantitative estimate of drug-likeness (QED) is 0.348. The fraction of sp³-hybridized carbons (Fsp3) is 0.111. The summed E-state index contributed by atoms with van der Waals surface area (Å²) in [5, 5.41) is 9.55. The summed E-state index contributed by atoms with van der Waals surface area (Å²) in [5.74, 6) is -1.88. The van der Waals surface area contributed by atoms with Crippen molar-refractivity contribution < 1.29 is 19.4 Å². The molecule has 1 aromatic carbocycles. The summed E-state index contributed by atoms with van der Waals surface area (Å²) in [7, 11) is 5.52. The minimum Gasteiger partial charge on any atom is -0.507 e. The smallest absolute Gasteiger partial charge is 0.350 e. The number of rotatable bonds is 0. The lowest BCUT2D eigenvalue weighted by atomic mass is 9.87. The number of carbonyl (C=O) groups excluding carboxylic acids is 2. The Morgan fingerprint density at radius 3 is 2.64 bits per heavy atom. The van der Waals surface area contributed by atoms with Crippen molar-refractivity contribution in [2.24, 2.45) is 0 Å². The van der Waals surface area contributed by atoms with Crippen molar-refractivity contribution in [3.8, 4) is 5.75 Å². The van der Waals surface area contributed by atoms with E-state index in [1.165, 1.54) is 6.07 Å². The summed E-state index contributed by atoms with van der Waals surface area (Å²) < 4.78 is 4.33. The first-order chi connectivity index (χ1) is 6.52. The van der Waals surface area contributed by atoms with Crippen molar-refractivity contribution in [3.05, 3.63) is 22.8 Å². The number of fused-ring (bicyclic) bond motifs is 1. The Morgan fingerprint density at radius 1 is 1.36 bits per heavy atom. The van der Waals surface area contributed by atoms with E-state index in [-0.39, 0.29) is 22.3 Å². The zero-order valence-electron chi connectivity index (χ0n) is 7.33. The molecule has 5 heteroatoms. The maximum absolute atomic E-state index is 11.1. The van der Waals surface area contributed by atoms with Gasteiger partial charge in [-0.25, -0.2) is 9.59 Å². The number of cyclic esters (lactones) is 2. The molecular weight excluding hydrogens is 183 g/mol. The highest BCUT2D eigenvalue weighted by atomic mass is 16.6. The molecule has 1 aliphatic rings. The predicted octanol–water partition coefficient (Wildman–Crippen LogP) is -0.195. The van der Waals surface area contributed by atoms with E-state index in [0.717, 1.165) is 0 Å². The van der Waals surface area contributed by atoms with Crippen LogP contribution in [0.3, 0.4) is 0 Å². The van der Waals surface area contributed by atoms with Gasteiger partial charge in [-0.2, -0.15) is 0 Å². The Bertz CT molecular complexity index is 464. The number of phenols is 1. The first-order valence-corrected chi connectivity index (χ1v) is 3.91. The molecular formula is C9H5BO4. The third-order valence-corrected chi connectivity index (χ3v) is 2.20. The molecule has 1 N–H and O–H groups in total. The molecule has 0 aliphatic carbocycles. The molecule has 2 rings (SSSR count). The third-order valence-electron chi connectivity index (χ3n) is 2.20. The highest BCUT2D eigenvalue weighted by Gasteiger charge is 2.33. The fourth-order valence-corrected chi connectivity index (χ4v) is 1.35. The van der Waals surface area contributed by atoms with E-state index in [9.17, 15) is 14.7 Å². The van der Waals surface area contributed by atoms with Crippen LogP contribution in [0.1, 0.15) is 26.3 Å². The van der Waals surface area contributed by atoms with Gasteiger partial charge < -0.3 is 9.84 Å². The zero-order chi connectivity index (χ0) is 10.5. The van der Waals surface area contributed by atoms with E-state index >= 15 is 0 Å². The van der Waals surface area contributed by atoms with Crippen LogP contribution in [-0.4, -0.2) is 24.9 Å². The first kappa shape index (κ1) is 8.81. The highest BCUT2D eigenvalue weighted by Crippen LogP contribution is 2.29. The van der Waals surface area contributed by atoms with Gasteiger partial charge in [0.05, 0.1) is 5.56 Å². The molecule has 0 aromatic heterocycles. The summed E-state index contributed by atoms with van der Waals surface area (Å²) in [4.78, 5) is 22.2. The standard InChI is InChI=1S/C9H5BO4/c1-3-5(10)2-4-6(7(3)11)9(13)14-8(4)12/h2,11H,1H3. The summed E-state index contributed by atoms with van der Waals surface area (Å²) in [6, 6.07) is 1.33. The molecule has 0 fully saturated rings. The van der Waals surface area contributed by atoms with Gasteiger partial charge in [-0.05, 0) is 12.5 Å². The van der Waals surface area contributed by atoms with Gasteiger partial charge in [0.2, 0.25) is 0 Å². The second kappa shape index (κ2) is 2.61. The normalized spacial score (nSPS) is 14.1. The molecule has 0 saturated carbocycles. The molecule has 14 heavy (non-hydrogen) atoms. The number of aromatic hydroxyl groups is 1. The minimum atomic E-state index is -0.828. The Balaban J connectivity index is 2.82. The Hall–Kier alpha value is -1.78. The molecule has 0 saturated heterocycles. The number of ether oxygens (including phenoxy) is 1. The number of hydrogen-bond donors (Lipinski definition) is 1.